The van der Waals surface area contributed by atoms with Crippen molar-refractivity contribution in [3.8, 4) is 0 Å². The molecule has 1 saturated heterocycles. The van der Waals surface area contributed by atoms with E-state index in [1.807, 2.05) is 0 Å². The highest BCUT2D eigenvalue weighted by molar-refractivity contribution is 5.28. The quantitative estimate of drug-likeness (QED) is 0.856. The van der Waals surface area contributed by atoms with Gasteiger partial charge in [-0.25, -0.2) is 0 Å². The highest BCUT2D eigenvalue weighted by Crippen LogP contribution is 2.28. The van der Waals surface area contributed by atoms with Gasteiger partial charge >= 0.3 is 0 Å². The minimum atomic E-state index is 0.234. The summed E-state index contributed by atoms with van der Waals surface area (Å²) in [6.45, 7) is 12.7. The average Bonchev–Trinajstić information content (AvgIpc) is 2.89. The number of aromatic nitrogens is 2. The van der Waals surface area contributed by atoms with Gasteiger partial charge in [-0.15, -0.1) is 0 Å². The Kier molecular flexibility index (Phi) is 5.37. The molecule has 1 aliphatic heterocycles. The number of anilines is 1. The summed E-state index contributed by atoms with van der Waals surface area (Å²) in [5.74, 6) is 2.10. The van der Waals surface area contributed by atoms with E-state index < -0.39 is 0 Å². The molecule has 0 aromatic carbocycles. The minimum Gasteiger partial charge on any atom is -0.378 e. The topological polar surface area (TPSA) is 63.4 Å². The summed E-state index contributed by atoms with van der Waals surface area (Å²) in [5.41, 5.74) is 0. The van der Waals surface area contributed by atoms with Crippen LogP contribution in [-0.4, -0.2) is 49.0 Å². The fourth-order valence-electron chi connectivity index (χ4n) is 2.78. The van der Waals surface area contributed by atoms with Gasteiger partial charge in [0, 0.05) is 19.1 Å². The van der Waals surface area contributed by atoms with Crippen molar-refractivity contribution in [2.24, 2.45) is 5.92 Å². The second kappa shape index (κ2) is 7.04. The number of nitrogens with zero attached hydrogens (tertiary/aromatic N) is 3. The van der Waals surface area contributed by atoms with Crippen molar-refractivity contribution in [3.63, 3.8) is 0 Å². The normalized spacial score (nSPS) is 19.4. The smallest absolute Gasteiger partial charge is 0.266 e. The first-order valence-electron chi connectivity index (χ1n) is 7.53. The van der Waals surface area contributed by atoms with Gasteiger partial charge < -0.3 is 19.5 Å². The SMILES string of the molecule is CCNC(C)C(c1nc(N2CCOCC2)no1)C(C)C. The Morgan fingerprint density at radius 2 is 1.95 bits per heavy atom. The molecule has 1 aliphatic rings. The fourth-order valence-corrected chi connectivity index (χ4v) is 2.78. The molecule has 2 rings (SSSR count). The highest BCUT2D eigenvalue weighted by Gasteiger charge is 2.29. The van der Waals surface area contributed by atoms with Crippen LogP contribution in [0.25, 0.3) is 0 Å². The lowest BCUT2D eigenvalue weighted by Gasteiger charge is -2.25. The van der Waals surface area contributed by atoms with Crippen molar-refractivity contribution in [3.05, 3.63) is 5.89 Å². The number of hydrogen-bond donors (Lipinski definition) is 1. The Balaban J connectivity index is 2.11. The molecule has 1 N–H and O–H groups in total. The minimum absolute atomic E-state index is 0.234. The van der Waals surface area contributed by atoms with Gasteiger partial charge in [-0.2, -0.15) is 4.98 Å². The first-order valence-corrected chi connectivity index (χ1v) is 7.53. The molecule has 2 atom stereocenters. The predicted molar refractivity (Wildman–Crippen MR) is 78.0 cm³/mol. The van der Waals surface area contributed by atoms with Gasteiger partial charge in [-0.05, 0) is 24.5 Å². The van der Waals surface area contributed by atoms with Crippen molar-refractivity contribution < 1.29 is 9.26 Å². The van der Waals surface area contributed by atoms with Crippen molar-refractivity contribution in [2.75, 3.05) is 37.7 Å². The van der Waals surface area contributed by atoms with Crippen molar-refractivity contribution in [2.45, 2.75) is 39.7 Å². The van der Waals surface area contributed by atoms with Gasteiger partial charge in [-0.1, -0.05) is 20.8 Å². The standard InChI is InChI=1S/C14H26N4O2/c1-5-15-11(4)12(10(2)3)13-16-14(17-20-13)18-6-8-19-9-7-18/h10-12,15H,5-9H2,1-4H3. The number of rotatable bonds is 6. The maximum atomic E-state index is 5.53. The molecule has 0 bridgehead atoms. The summed E-state index contributed by atoms with van der Waals surface area (Å²) in [6, 6.07) is 0.318. The second-order valence-electron chi connectivity index (χ2n) is 5.65. The van der Waals surface area contributed by atoms with Gasteiger partial charge in [0.05, 0.1) is 19.1 Å². The van der Waals surface area contributed by atoms with Gasteiger partial charge in [0.1, 0.15) is 0 Å². The first kappa shape index (κ1) is 15.3. The monoisotopic (exact) mass is 282 g/mol. The maximum Gasteiger partial charge on any atom is 0.266 e. The molecule has 1 aromatic heterocycles. The molecule has 1 fully saturated rings. The van der Waals surface area contributed by atoms with Gasteiger partial charge in [0.15, 0.2) is 0 Å². The third-order valence-corrected chi connectivity index (χ3v) is 3.79. The maximum absolute atomic E-state index is 5.53. The van der Waals surface area contributed by atoms with E-state index in [0.717, 1.165) is 38.7 Å². The summed E-state index contributed by atoms with van der Waals surface area (Å²) in [6.07, 6.45) is 0. The van der Waals surface area contributed by atoms with Crippen LogP contribution in [0.1, 0.15) is 39.5 Å². The lowest BCUT2D eigenvalue weighted by molar-refractivity contribution is 0.121. The van der Waals surface area contributed by atoms with Crippen LogP contribution in [0.4, 0.5) is 5.95 Å². The summed E-state index contributed by atoms with van der Waals surface area (Å²) in [4.78, 5) is 6.73. The van der Waals surface area contributed by atoms with E-state index >= 15 is 0 Å². The van der Waals surface area contributed by atoms with Gasteiger partial charge in [0.25, 0.3) is 5.95 Å². The molecule has 20 heavy (non-hydrogen) atoms. The predicted octanol–water partition coefficient (Wildman–Crippen LogP) is 1.64. The van der Waals surface area contributed by atoms with Crippen LogP contribution in [0, 0.1) is 5.92 Å². The second-order valence-corrected chi connectivity index (χ2v) is 5.65. The number of ether oxygens (including phenoxy) is 1. The zero-order valence-corrected chi connectivity index (χ0v) is 12.9. The van der Waals surface area contributed by atoms with E-state index in [2.05, 4.69) is 48.1 Å². The van der Waals surface area contributed by atoms with Crippen molar-refractivity contribution in [1.29, 1.82) is 0 Å². The summed E-state index contributed by atoms with van der Waals surface area (Å²) in [5, 5.41) is 7.59. The van der Waals surface area contributed by atoms with Gasteiger partial charge in [-0.3, -0.25) is 0 Å². The number of likely N-dealkylation sites (N-methyl/N-ethyl adjacent to an activating group) is 1. The average molecular weight is 282 g/mol. The Labute approximate surface area is 120 Å². The van der Waals surface area contributed by atoms with E-state index in [-0.39, 0.29) is 5.92 Å². The van der Waals surface area contributed by atoms with Crippen LogP contribution in [-0.2, 0) is 4.74 Å². The van der Waals surface area contributed by atoms with Crippen molar-refractivity contribution in [1.82, 2.24) is 15.5 Å². The van der Waals surface area contributed by atoms with E-state index in [1.165, 1.54) is 0 Å². The molecule has 0 aliphatic carbocycles. The number of hydrogen-bond acceptors (Lipinski definition) is 6. The fraction of sp³-hybridized carbons (Fsp3) is 0.857. The Morgan fingerprint density at radius 3 is 2.55 bits per heavy atom. The lowest BCUT2D eigenvalue weighted by Crippen LogP contribution is -2.37. The zero-order valence-electron chi connectivity index (χ0n) is 12.9. The molecule has 114 valence electrons. The van der Waals surface area contributed by atoms with Crippen LogP contribution in [0.2, 0.25) is 0 Å². The molecule has 0 spiro atoms. The highest BCUT2D eigenvalue weighted by atomic mass is 16.5. The lowest BCUT2D eigenvalue weighted by atomic mass is 9.89. The third kappa shape index (κ3) is 3.49. The summed E-state index contributed by atoms with van der Waals surface area (Å²) >= 11 is 0. The number of morpholine rings is 1. The summed E-state index contributed by atoms with van der Waals surface area (Å²) < 4.78 is 10.9. The number of nitrogens with one attached hydrogen (secondary N) is 1. The van der Waals surface area contributed by atoms with Crippen LogP contribution in [0.5, 0.6) is 0 Å². The summed E-state index contributed by atoms with van der Waals surface area (Å²) in [7, 11) is 0. The third-order valence-electron chi connectivity index (χ3n) is 3.79. The largest absolute Gasteiger partial charge is 0.378 e. The Hall–Kier alpha value is -1.14. The van der Waals surface area contributed by atoms with E-state index in [1.54, 1.807) is 0 Å². The Bertz CT molecular complexity index is 402. The van der Waals surface area contributed by atoms with E-state index in [0.29, 0.717) is 17.9 Å². The van der Waals surface area contributed by atoms with E-state index in [4.69, 9.17) is 9.26 Å². The molecule has 0 radical (unpaired) electrons. The van der Waals surface area contributed by atoms with Crippen molar-refractivity contribution >= 4 is 5.95 Å². The van der Waals surface area contributed by atoms with Crippen LogP contribution >= 0.6 is 0 Å². The molecule has 2 heterocycles. The van der Waals surface area contributed by atoms with E-state index in [9.17, 15) is 0 Å². The van der Waals surface area contributed by atoms with Crippen LogP contribution in [0.3, 0.4) is 0 Å². The molecule has 0 saturated carbocycles. The molecular weight excluding hydrogens is 256 g/mol. The zero-order chi connectivity index (χ0) is 14.5. The Morgan fingerprint density at radius 1 is 1.25 bits per heavy atom. The molecule has 2 unspecified atom stereocenters. The molecule has 1 aromatic rings. The first-order chi connectivity index (χ1) is 9.63. The molecule has 6 nitrogen and oxygen atoms in total. The molecule has 0 amide bonds. The van der Waals surface area contributed by atoms with Crippen LogP contribution < -0.4 is 10.2 Å². The van der Waals surface area contributed by atoms with Gasteiger partial charge in [0.2, 0.25) is 5.89 Å². The van der Waals surface area contributed by atoms with Crippen LogP contribution in [0.15, 0.2) is 4.52 Å². The molecule has 6 heteroatoms. The molecular formula is C14H26N4O2.